The minimum absolute atomic E-state index is 0.165. The van der Waals surface area contributed by atoms with Crippen molar-refractivity contribution < 1.29 is 23.5 Å². The number of ether oxygens (including phenoxy) is 2. The van der Waals surface area contributed by atoms with Crippen molar-refractivity contribution in [2.75, 3.05) is 27.3 Å². The SMILES string of the molecule is CCN(CC(=O)OC)Cc1ccoc1C(=O)OC. The highest BCUT2D eigenvalue weighted by Gasteiger charge is 2.18. The van der Waals surface area contributed by atoms with Crippen molar-refractivity contribution in [3.8, 4) is 0 Å². The Morgan fingerprint density at radius 2 is 2.06 bits per heavy atom. The first-order valence-electron chi connectivity index (χ1n) is 5.56. The molecule has 100 valence electrons. The number of hydrogen-bond donors (Lipinski definition) is 0. The zero-order valence-corrected chi connectivity index (χ0v) is 10.8. The summed E-state index contributed by atoms with van der Waals surface area (Å²) < 4.78 is 14.3. The first kappa shape index (κ1) is 14.2. The Labute approximate surface area is 105 Å². The molecule has 0 radical (unpaired) electrons. The summed E-state index contributed by atoms with van der Waals surface area (Å²) in [5, 5.41) is 0. The summed E-state index contributed by atoms with van der Waals surface area (Å²) >= 11 is 0. The Morgan fingerprint density at radius 1 is 1.33 bits per heavy atom. The van der Waals surface area contributed by atoms with Crippen LogP contribution < -0.4 is 0 Å². The number of likely N-dealkylation sites (N-methyl/N-ethyl adjacent to an activating group) is 1. The number of methoxy groups -OCH3 is 2. The molecular weight excluding hydrogens is 238 g/mol. The van der Waals surface area contributed by atoms with Gasteiger partial charge in [-0.15, -0.1) is 0 Å². The van der Waals surface area contributed by atoms with Crippen molar-refractivity contribution in [3.05, 3.63) is 23.7 Å². The topological polar surface area (TPSA) is 69.0 Å². The smallest absolute Gasteiger partial charge is 0.374 e. The van der Waals surface area contributed by atoms with Crippen molar-refractivity contribution >= 4 is 11.9 Å². The molecule has 0 aliphatic heterocycles. The predicted molar refractivity (Wildman–Crippen MR) is 63.0 cm³/mol. The number of carbonyl (C=O) groups excluding carboxylic acids is 2. The van der Waals surface area contributed by atoms with Crippen LogP contribution >= 0.6 is 0 Å². The average Bonchev–Trinajstić information content (AvgIpc) is 2.84. The zero-order chi connectivity index (χ0) is 13.5. The predicted octanol–water partition coefficient (Wildman–Crippen LogP) is 1.06. The summed E-state index contributed by atoms with van der Waals surface area (Å²) in [5.41, 5.74) is 0.688. The van der Waals surface area contributed by atoms with E-state index >= 15 is 0 Å². The summed E-state index contributed by atoms with van der Waals surface area (Å²) in [5.74, 6) is -0.676. The Morgan fingerprint density at radius 3 is 2.61 bits per heavy atom. The van der Waals surface area contributed by atoms with E-state index in [0.717, 1.165) is 0 Å². The number of rotatable bonds is 6. The van der Waals surface area contributed by atoms with Gasteiger partial charge in [-0.25, -0.2) is 4.79 Å². The molecule has 0 amide bonds. The van der Waals surface area contributed by atoms with Crippen LogP contribution in [0.15, 0.2) is 16.7 Å². The van der Waals surface area contributed by atoms with Gasteiger partial charge < -0.3 is 13.9 Å². The lowest BCUT2D eigenvalue weighted by Gasteiger charge is -2.18. The van der Waals surface area contributed by atoms with Gasteiger partial charge in [0.15, 0.2) is 0 Å². The molecule has 6 nitrogen and oxygen atoms in total. The van der Waals surface area contributed by atoms with Crippen LogP contribution in [0.1, 0.15) is 23.0 Å². The van der Waals surface area contributed by atoms with Gasteiger partial charge in [0.25, 0.3) is 0 Å². The molecule has 0 unspecified atom stereocenters. The molecule has 1 heterocycles. The molecule has 0 saturated heterocycles. The second-order valence-corrected chi connectivity index (χ2v) is 3.65. The second kappa shape index (κ2) is 6.80. The fourth-order valence-electron chi connectivity index (χ4n) is 1.50. The quantitative estimate of drug-likeness (QED) is 0.708. The Hall–Kier alpha value is -1.82. The molecule has 0 aliphatic carbocycles. The van der Waals surface area contributed by atoms with Crippen LogP contribution in [0.5, 0.6) is 0 Å². The highest BCUT2D eigenvalue weighted by atomic mass is 16.5. The molecule has 0 bridgehead atoms. The Balaban J connectivity index is 2.73. The van der Waals surface area contributed by atoms with E-state index in [1.54, 1.807) is 6.07 Å². The molecule has 0 fully saturated rings. The first-order valence-corrected chi connectivity index (χ1v) is 5.56. The third-order valence-corrected chi connectivity index (χ3v) is 2.54. The molecule has 0 spiro atoms. The maximum Gasteiger partial charge on any atom is 0.374 e. The lowest BCUT2D eigenvalue weighted by atomic mass is 10.2. The molecule has 0 atom stereocenters. The van der Waals surface area contributed by atoms with Gasteiger partial charge in [0, 0.05) is 12.1 Å². The van der Waals surface area contributed by atoms with Crippen LogP contribution in [0, 0.1) is 0 Å². The summed E-state index contributed by atoms with van der Waals surface area (Å²) in [6, 6.07) is 1.69. The van der Waals surface area contributed by atoms with Gasteiger partial charge in [-0.2, -0.15) is 0 Å². The van der Waals surface area contributed by atoms with Gasteiger partial charge in [-0.1, -0.05) is 6.92 Å². The van der Waals surface area contributed by atoms with E-state index < -0.39 is 5.97 Å². The number of esters is 2. The van der Waals surface area contributed by atoms with Crippen LogP contribution in [0.3, 0.4) is 0 Å². The molecule has 18 heavy (non-hydrogen) atoms. The molecule has 0 N–H and O–H groups in total. The zero-order valence-electron chi connectivity index (χ0n) is 10.8. The summed E-state index contributed by atoms with van der Waals surface area (Å²) in [6.45, 7) is 3.16. The highest BCUT2D eigenvalue weighted by molar-refractivity contribution is 5.87. The van der Waals surface area contributed by atoms with Crippen molar-refractivity contribution in [1.29, 1.82) is 0 Å². The Bertz CT molecular complexity index is 412. The van der Waals surface area contributed by atoms with E-state index in [1.165, 1.54) is 20.5 Å². The molecule has 6 heteroatoms. The molecular formula is C12H17NO5. The van der Waals surface area contributed by atoms with Crippen molar-refractivity contribution in [3.63, 3.8) is 0 Å². The number of hydrogen-bond acceptors (Lipinski definition) is 6. The Kier molecular flexibility index (Phi) is 5.38. The van der Waals surface area contributed by atoms with Crippen LogP contribution in [-0.4, -0.2) is 44.1 Å². The largest absolute Gasteiger partial charge is 0.468 e. The summed E-state index contributed by atoms with van der Waals surface area (Å²) in [6.07, 6.45) is 1.42. The van der Waals surface area contributed by atoms with E-state index in [2.05, 4.69) is 9.47 Å². The van der Waals surface area contributed by atoms with E-state index in [4.69, 9.17) is 4.42 Å². The number of nitrogens with zero attached hydrogens (tertiary/aromatic N) is 1. The van der Waals surface area contributed by atoms with Gasteiger partial charge in [0.1, 0.15) is 0 Å². The first-order chi connectivity index (χ1) is 8.62. The normalized spacial score (nSPS) is 10.4. The van der Waals surface area contributed by atoms with Crippen LogP contribution in [-0.2, 0) is 20.8 Å². The van der Waals surface area contributed by atoms with Gasteiger partial charge in [-0.3, -0.25) is 9.69 Å². The molecule has 1 aromatic rings. The van der Waals surface area contributed by atoms with Crippen molar-refractivity contribution in [2.24, 2.45) is 0 Å². The van der Waals surface area contributed by atoms with Crippen LogP contribution in [0.4, 0.5) is 0 Å². The minimum Gasteiger partial charge on any atom is -0.468 e. The fraction of sp³-hybridized carbons (Fsp3) is 0.500. The lowest BCUT2D eigenvalue weighted by molar-refractivity contribution is -0.142. The fourth-order valence-corrected chi connectivity index (χ4v) is 1.50. The van der Waals surface area contributed by atoms with E-state index in [-0.39, 0.29) is 18.3 Å². The summed E-state index contributed by atoms with van der Waals surface area (Å²) in [4.78, 5) is 24.5. The van der Waals surface area contributed by atoms with E-state index in [1.807, 2.05) is 11.8 Å². The molecule has 0 aromatic carbocycles. The van der Waals surface area contributed by atoms with Gasteiger partial charge in [0.05, 0.1) is 27.0 Å². The van der Waals surface area contributed by atoms with Gasteiger partial charge in [0.2, 0.25) is 5.76 Å². The standard InChI is InChI=1S/C12H17NO5/c1-4-13(8-10(14)16-2)7-9-5-6-18-11(9)12(15)17-3/h5-6H,4,7-8H2,1-3H3. The highest BCUT2D eigenvalue weighted by Crippen LogP contribution is 2.14. The second-order valence-electron chi connectivity index (χ2n) is 3.65. The van der Waals surface area contributed by atoms with Gasteiger partial charge in [-0.05, 0) is 12.6 Å². The molecule has 0 saturated carbocycles. The number of furan rings is 1. The van der Waals surface area contributed by atoms with E-state index in [0.29, 0.717) is 18.7 Å². The molecule has 1 aromatic heterocycles. The third-order valence-electron chi connectivity index (χ3n) is 2.54. The third kappa shape index (κ3) is 3.59. The lowest BCUT2D eigenvalue weighted by Crippen LogP contribution is -2.30. The van der Waals surface area contributed by atoms with Gasteiger partial charge >= 0.3 is 11.9 Å². The van der Waals surface area contributed by atoms with E-state index in [9.17, 15) is 9.59 Å². The van der Waals surface area contributed by atoms with Crippen LogP contribution in [0.25, 0.3) is 0 Å². The molecule has 0 aliphatic rings. The molecule has 1 rings (SSSR count). The monoisotopic (exact) mass is 255 g/mol. The van der Waals surface area contributed by atoms with Crippen LogP contribution in [0.2, 0.25) is 0 Å². The maximum atomic E-state index is 11.4. The summed E-state index contributed by atoms with van der Waals surface area (Å²) in [7, 11) is 2.63. The maximum absolute atomic E-state index is 11.4. The average molecular weight is 255 g/mol. The van der Waals surface area contributed by atoms with Crippen molar-refractivity contribution in [1.82, 2.24) is 4.90 Å². The number of carbonyl (C=O) groups is 2. The minimum atomic E-state index is -0.524. The van der Waals surface area contributed by atoms with Crippen molar-refractivity contribution in [2.45, 2.75) is 13.5 Å².